The molecule has 0 aliphatic rings. The number of phenolic OH excluding ortho intramolecular Hbond substituents is 1. The van der Waals surface area contributed by atoms with E-state index in [0.717, 1.165) is 35.4 Å². The van der Waals surface area contributed by atoms with Gasteiger partial charge in [0.05, 0.1) is 5.56 Å². The molecule has 0 spiro atoms. The van der Waals surface area contributed by atoms with Crippen LogP contribution in [0.2, 0.25) is 0 Å². The minimum absolute atomic E-state index is 0.0500. The number of hydrogen-bond acceptors (Lipinski definition) is 3. The molecule has 3 rings (SSSR count). The zero-order valence-corrected chi connectivity index (χ0v) is 17.6. The van der Waals surface area contributed by atoms with Gasteiger partial charge in [-0.2, -0.15) is 0 Å². The number of carbonyl (C=O) groups excluding carboxylic acids is 1. The van der Waals surface area contributed by atoms with Crippen molar-refractivity contribution in [2.45, 2.75) is 20.8 Å². The van der Waals surface area contributed by atoms with E-state index in [-0.39, 0.29) is 17.2 Å². The highest BCUT2D eigenvalue weighted by atomic mass is 32.1. The minimum Gasteiger partial charge on any atom is -0.506 e. The van der Waals surface area contributed by atoms with Crippen LogP contribution in [0.1, 0.15) is 29.8 Å². The molecule has 0 saturated heterocycles. The van der Waals surface area contributed by atoms with Crippen LogP contribution in [0.5, 0.6) is 5.75 Å². The Balaban J connectivity index is 1.93. The Morgan fingerprint density at radius 2 is 1.62 bits per heavy atom. The molecule has 1 amide bonds. The van der Waals surface area contributed by atoms with Crippen molar-refractivity contribution in [2.75, 3.05) is 23.7 Å². The zero-order chi connectivity index (χ0) is 21.0. The Morgan fingerprint density at radius 1 is 0.931 bits per heavy atom. The summed E-state index contributed by atoms with van der Waals surface area (Å²) in [5, 5.41) is 18.9. The molecule has 0 unspecified atom stereocenters. The van der Waals surface area contributed by atoms with Crippen LogP contribution < -0.4 is 10.6 Å². The standard InChI is InChI=1S/C23H25N3O2S/c1-4-26(5-2)23(29)25-20-12-8-10-17-16(20)13-14-18(21(17)27)22(28)24-19-11-7-6-9-15(19)3/h6-14,27H,4-5H2,1-3H3,(H,24,28)(H,25,29). The van der Waals surface area contributed by atoms with Crippen LogP contribution in [-0.2, 0) is 0 Å². The number of hydrogen-bond donors (Lipinski definition) is 3. The van der Waals surface area contributed by atoms with Crippen molar-refractivity contribution in [1.29, 1.82) is 0 Å². The van der Waals surface area contributed by atoms with Crippen molar-refractivity contribution in [3.8, 4) is 5.75 Å². The number of benzene rings is 3. The number of nitrogens with one attached hydrogen (secondary N) is 2. The maximum atomic E-state index is 12.7. The Labute approximate surface area is 176 Å². The first-order chi connectivity index (χ1) is 14.0. The molecule has 0 aliphatic heterocycles. The van der Waals surface area contributed by atoms with E-state index in [1.54, 1.807) is 12.1 Å². The number of rotatable bonds is 5. The lowest BCUT2D eigenvalue weighted by Crippen LogP contribution is -2.34. The van der Waals surface area contributed by atoms with E-state index in [1.165, 1.54) is 0 Å². The van der Waals surface area contributed by atoms with E-state index in [9.17, 15) is 9.90 Å². The van der Waals surface area contributed by atoms with Crippen LogP contribution in [0.15, 0.2) is 54.6 Å². The lowest BCUT2D eigenvalue weighted by atomic mass is 10.0. The van der Waals surface area contributed by atoms with Crippen molar-refractivity contribution in [3.63, 3.8) is 0 Å². The van der Waals surface area contributed by atoms with Crippen LogP contribution in [0.3, 0.4) is 0 Å². The van der Waals surface area contributed by atoms with Crippen LogP contribution in [-0.4, -0.2) is 34.1 Å². The smallest absolute Gasteiger partial charge is 0.259 e. The molecule has 0 heterocycles. The minimum atomic E-state index is -0.351. The van der Waals surface area contributed by atoms with Crippen LogP contribution in [0, 0.1) is 6.92 Å². The van der Waals surface area contributed by atoms with Gasteiger partial charge in [-0.1, -0.05) is 36.4 Å². The molecule has 150 valence electrons. The summed E-state index contributed by atoms with van der Waals surface area (Å²) >= 11 is 5.49. The summed E-state index contributed by atoms with van der Waals surface area (Å²) in [6, 6.07) is 16.5. The molecule has 5 nitrogen and oxygen atoms in total. The summed E-state index contributed by atoms with van der Waals surface area (Å²) < 4.78 is 0. The summed E-state index contributed by atoms with van der Waals surface area (Å²) in [5.74, 6) is -0.401. The molecule has 0 bridgehead atoms. The largest absolute Gasteiger partial charge is 0.506 e. The summed E-state index contributed by atoms with van der Waals surface area (Å²) in [7, 11) is 0. The van der Waals surface area contributed by atoms with Gasteiger partial charge >= 0.3 is 0 Å². The second-order valence-corrected chi connectivity index (χ2v) is 7.12. The molecular formula is C23H25N3O2S. The zero-order valence-electron chi connectivity index (χ0n) is 16.8. The molecule has 3 aromatic rings. The highest BCUT2D eigenvalue weighted by molar-refractivity contribution is 7.80. The fourth-order valence-electron chi connectivity index (χ4n) is 3.24. The van der Waals surface area contributed by atoms with Crippen LogP contribution >= 0.6 is 12.2 Å². The third kappa shape index (κ3) is 4.32. The molecule has 0 saturated carbocycles. The molecule has 0 atom stereocenters. The Morgan fingerprint density at radius 3 is 2.31 bits per heavy atom. The first-order valence-corrected chi connectivity index (χ1v) is 10.0. The van der Waals surface area contributed by atoms with E-state index in [4.69, 9.17) is 12.2 Å². The van der Waals surface area contributed by atoms with Gasteiger partial charge in [0.1, 0.15) is 5.75 Å². The molecule has 0 aromatic heterocycles. The number of aryl methyl sites for hydroxylation is 1. The summed E-state index contributed by atoms with van der Waals surface area (Å²) in [6.45, 7) is 7.63. The summed E-state index contributed by atoms with van der Waals surface area (Å²) in [4.78, 5) is 14.8. The lowest BCUT2D eigenvalue weighted by molar-refractivity contribution is 0.102. The van der Waals surface area contributed by atoms with E-state index < -0.39 is 0 Å². The number of phenols is 1. The molecule has 29 heavy (non-hydrogen) atoms. The summed E-state index contributed by atoms with van der Waals surface area (Å²) in [5.41, 5.74) is 2.69. The predicted molar refractivity (Wildman–Crippen MR) is 124 cm³/mol. The number of anilines is 2. The van der Waals surface area contributed by atoms with Gasteiger partial charge in [0.25, 0.3) is 5.91 Å². The van der Waals surface area contributed by atoms with Crippen LogP contribution in [0.25, 0.3) is 10.8 Å². The van der Waals surface area contributed by atoms with E-state index in [2.05, 4.69) is 10.6 Å². The number of carbonyl (C=O) groups is 1. The van der Waals surface area contributed by atoms with Gasteiger partial charge in [-0.05, 0) is 56.8 Å². The van der Waals surface area contributed by atoms with Crippen LogP contribution in [0.4, 0.5) is 11.4 Å². The topological polar surface area (TPSA) is 64.6 Å². The Bertz CT molecular complexity index is 1060. The summed E-state index contributed by atoms with van der Waals surface area (Å²) in [6.07, 6.45) is 0. The predicted octanol–water partition coefficient (Wildman–Crippen LogP) is 5.14. The van der Waals surface area contributed by atoms with Gasteiger partial charge in [-0.15, -0.1) is 0 Å². The third-order valence-corrected chi connectivity index (χ3v) is 5.32. The molecule has 3 aromatic carbocycles. The van der Waals surface area contributed by atoms with Crippen molar-refractivity contribution in [1.82, 2.24) is 4.90 Å². The normalized spacial score (nSPS) is 10.6. The fourth-order valence-corrected chi connectivity index (χ4v) is 3.61. The number of para-hydroxylation sites is 1. The second-order valence-electron chi connectivity index (χ2n) is 6.73. The number of aromatic hydroxyl groups is 1. The van der Waals surface area contributed by atoms with Gasteiger partial charge in [-0.3, -0.25) is 4.79 Å². The molecule has 3 N–H and O–H groups in total. The lowest BCUT2D eigenvalue weighted by Gasteiger charge is -2.23. The second kappa shape index (κ2) is 8.92. The maximum absolute atomic E-state index is 12.7. The van der Waals surface area contributed by atoms with E-state index in [0.29, 0.717) is 10.5 Å². The molecule has 6 heteroatoms. The van der Waals surface area contributed by atoms with Gasteiger partial charge in [0.15, 0.2) is 5.11 Å². The van der Waals surface area contributed by atoms with E-state index >= 15 is 0 Å². The number of fused-ring (bicyclic) bond motifs is 1. The van der Waals surface area contributed by atoms with Gasteiger partial charge in [0, 0.05) is 35.2 Å². The number of nitrogens with zero attached hydrogens (tertiary/aromatic N) is 1. The first-order valence-electron chi connectivity index (χ1n) is 9.63. The highest BCUT2D eigenvalue weighted by Gasteiger charge is 2.17. The quantitative estimate of drug-likeness (QED) is 0.511. The SMILES string of the molecule is CCN(CC)C(=S)Nc1cccc2c(O)c(C(=O)Nc3ccccc3C)ccc12. The van der Waals surface area contributed by atoms with Crippen molar-refractivity contribution in [2.24, 2.45) is 0 Å². The maximum Gasteiger partial charge on any atom is 0.259 e. The van der Waals surface area contributed by atoms with Crippen molar-refractivity contribution < 1.29 is 9.90 Å². The monoisotopic (exact) mass is 407 g/mol. The number of amides is 1. The fraction of sp³-hybridized carbons (Fsp3) is 0.217. The molecular weight excluding hydrogens is 382 g/mol. The molecule has 0 fully saturated rings. The average molecular weight is 408 g/mol. The number of thiocarbonyl (C=S) groups is 1. The van der Waals surface area contributed by atoms with E-state index in [1.807, 2.05) is 68.1 Å². The first kappa shape index (κ1) is 20.6. The van der Waals surface area contributed by atoms with Crippen molar-refractivity contribution >= 4 is 45.4 Å². The molecule has 0 radical (unpaired) electrons. The third-order valence-electron chi connectivity index (χ3n) is 4.96. The Hall–Kier alpha value is -3.12. The van der Waals surface area contributed by atoms with Crippen molar-refractivity contribution in [3.05, 3.63) is 65.7 Å². The Kier molecular flexibility index (Phi) is 6.34. The van der Waals surface area contributed by atoms with Gasteiger partial charge < -0.3 is 20.6 Å². The highest BCUT2D eigenvalue weighted by Crippen LogP contribution is 2.33. The molecule has 0 aliphatic carbocycles. The van der Waals surface area contributed by atoms with Gasteiger partial charge in [0.2, 0.25) is 0 Å². The average Bonchev–Trinajstić information content (AvgIpc) is 2.71. The van der Waals surface area contributed by atoms with Gasteiger partial charge in [-0.25, -0.2) is 0 Å².